The van der Waals surface area contributed by atoms with E-state index in [-0.39, 0.29) is 23.3 Å². The summed E-state index contributed by atoms with van der Waals surface area (Å²) in [6.07, 6.45) is 8.10. The van der Waals surface area contributed by atoms with Crippen LogP contribution in [0.25, 0.3) is 22.6 Å². The lowest BCUT2D eigenvalue weighted by atomic mass is 10.0. The molecule has 0 spiro atoms. The van der Waals surface area contributed by atoms with Crippen LogP contribution in [0.4, 0.5) is 5.69 Å². The van der Waals surface area contributed by atoms with Crippen molar-refractivity contribution in [2.75, 3.05) is 51.3 Å². The molecule has 0 aliphatic carbocycles. The highest BCUT2D eigenvalue weighted by atomic mass is 79.9. The van der Waals surface area contributed by atoms with Crippen LogP contribution >= 0.6 is 15.9 Å². The molecule has 41 heavy (non-hydrogen) atoms. The standard InChI is InChI=1S/C30H33BrN4O5S/c1-32-27-9-7-23(41(38,39)35-12-14-40-15-13-35)18-25(27)26(30(32)37)16-21-19-34(28-8-6-22(31)17-24(21)28)20-29(36)33-10-4-2-3-5-11-33/h6-9,16-19H,2-5,10-15,20H2,1H3/b26-16-. The fraction of sp³-hybridized carbons (Fsp3) is 0.400. The molecule has 0 atom stereocenters. The summed E-state index contributed by atoms with van der Waals surface area (Å²) in [6, 6.07) is 10.8. The molecule has 0 radical (unpaired) electrons. The van der Waals surface area contributed by atoms with Crippen LogP contribution in [0, 0.1) is 0 Å². The van der Waals surface area contributed by atoms with Gasteiger partial charge in [-0.05, 0) is 55.3 Å². The van der Waals surface area contributed by atoms with Crippen LogP contribution < -0.4 is 4.90 Å². The van der Waals surface area contributed by atoms with Crippen molar-refractivity contribution < 1.29 is 22.7 Å². The first-order chi connectivity index (χ1) is 19.7. The van der Waals surface area contributed by atoms with Crippen LogP contribution in [0.3, 0.4) is 0 Å². The number of rotatable bonds is 5. The van der Waals surface area contributed by atoms with E-state index in [0.717, 1.165) is 59.7 Å². The second-order valence-electron chi connectivity index (χ2n) is 10.8. The number of benzene rings is 2. The third-order valence-corrected chi connectivity index (χ3v) is 10.6. The highest BCUT2D eigenvalue weighted by molar-refractivity contribution is 9.10. The maximum Gasteiger partial charge on any atom is 0.258 e. The number of aromatic nitrogens is 1. The topological polar surface area (TPSA) is 92.2 Å². The zero-order valence-corrected chi connectivity index (χ0v) is 25.4. The van der Waals surface area contributed by atoms with E-state index in [1.807, 2.05) is 39.9 Å². The predicted molar refractivity (Wildman–Crippen MR) is 162 cm³/mol. The maximum absolute atomic E-state index is 13.5. The predicted octanol–water partition coefficient (Wildman–Crippen LogP) is 4.34. The molecule has 0 N–H and O–H groups in total. The monoisotopic (exact) mass is 640 g/mol. The summed E-state index contributed by atoms with van der Waals surface area (Å²) in [5.74, 6) is -0.122. The van der Waals surface area contributed by atoms with Crippen LogP contribution in [-0.2, 0) is 30.9 Å². The molecule has 3 aliphatic rings. The van der Waals surface area contributed by atoms with Gasteiger partial charge < -0.3 is 19.1 Å². The summed E-state index contributed by atoms with van der Waals surface area (Å²) >= 11 is 3.57. The quantitative estimate of drug-likeness (QED) is 0.387. The van der Waals surface area contributed by atoms with E-state index < -0.39 is 10.0 Å². The molecule has 1 aromatic heterocycles. The van der Waals surface area contributed by atoms with E-state index >= 15 is 0 Å². The molecular formula is C30H33BrN4O5S. The number of ether oxygens (including phenoxy) is 1. The fourth-order valence-electron chi connectivity index (χ4n) is 5.93. The summed E-state index contributed by atoms with van der Waals surface area (Å²) in [6.45, 7) is 3.10. The van der Waals surface area contributed by atoms with E-state index in [0.29, 0.717) is 43.1 Å². The van der Waals surface area contributed by atoms with Gasteiger partial charge in [0.05, 0.1) is 23.8 Å². The minimum Gasteiger partial charge on any atom is -0.379 e. The van der Waals surface area contributed by atoms with Gasteiger partial charge in [0.25, 0.3) is 5.91 Å². The van der Waals surface area contributed by atoms with Gasteiger partial charge in [-0.25, -0.2) is 8.42 Å². The van der Waals surface area contributed by atoms with Crippen molar-refractivity contribution in [1.82, 2.24) is 13.8 Å². The Morgan fingerprint density at radius 1 is 1.00 bits per heavy atom. The summed E-state index contributed by atoms with van der Waals surface area (Å²) in [7, 11) is -2.04. The Hall–Kier alpha value is -2.99. The summed E-state index contributed by atoms with van der Waals surface area (Å²) in [5, 5.41) is 0.900. The molecule has 0 saturated carbocycles. The van der Waals surface area contributed by atoms with E-state index in [2.05, 4.69) is 15.9 Å². The van der Waals surface area contributed by atoms with Crippen molar-refractivity contribution in [3.8, 4) is 0 Å². The number of likely N-dealkylation sites (N-methyl/N-ethyl adjacent to an activating group) is 1. The number of halogens is 1. The first kappa shape index (κ1) is 28.1. The Morgan fingerprint density at radius 2 is 1.73 bits per heavy atom. The number of hydrogen-bond acceptors (Lipinski definition) is 5. The lowest BCUT2D eigenvalue weighted by Crippen LogP contribution is -2.40. The van der Waals surface area contributed by atoms with Gasteiger partial charge in [0, 0.05) is 71.5 Å². The van der Waals surface area contributed by atoms with Crippen LogP contribution in [0.5, 0.6) is 0 Å². The number of anilines is 1. The van der Waals surface area contributed by atoms with Gasteiger partial charge in [-0.1, -0.05) is 28.8 Å². The Kier molecular flexibility index (Phi) is 7.80. The molecule has 2 saturated heterocycles. The highest BCUT2D eigenvalue weighted by Crippen LogP contribution is 2.40. The van der Waals surface area contributed by atoms with Crippen molar-refractivity contribution in [3.63, 3.8) is 0 Å². The second kappa shape index (κ2) is 11.4. The Morgan fingerprint density at radius 3 is 2.46 bits per heavy atom. The van der Waals surface area contributed by atoms with Crippen LogP contribution in [0.15, 0.2) is 52.0 Å². The molecule has 2 amide bonds. The van der Waals surface area contributed by atoms with E-state index in [1.54, 1.807) is 30.1 Å². The van der Waals surface area contributed by atoms with Crippen LogP contribution in [-0.4, -0.2) is 80.4 Å². The minimum absolute atomic E-state index is 0.0888. The molecule has 0 unspecified atom stereocenters. The molecule has 3 aromatic rings. The Balaban J connectivity index is 1.39. The lowest BCUT2D eigenvalue weighted by Gasteiger charge is -2.26. The van der Waals surface area contributed by atoms with Crippen molar-refractivity contribution >= 4 is 66.0 Å². The number of carbonyl (C=O) groups is 2. The van der Waals surface area contributed by atoms with Gasteiger partial charge in [0.1, 0.15) is 6.54 Å². The van der Waals surface area contributed by atoms with Crippen molar-refractivity contribution in [1.29, 1.82) is 0 Å². The molecule has 11 heteroatoms. The van der Waals surface area contributed by atoms with Crippen LogP contribution in [0.2, 0.25) is 0 Å². The normalized spacial score (nSPS) is 19.7. The number of sulfonamides is 1. The maximum atomic E-state index is 13.5. The largest absolute Gasteiger partial charge is 0.379 e. The Bertz CT molecular complexity index is 1650. The molecule has 9 nitrogen and oxygen atoms in total. The number of likely N-dealkylation sites (tertiary alicyclic amines) is 1. The molecule has 3 aliphatic heterocycles. The summed E-state index contributed by atoms with van der Waals surface area (Å²) in [4.78, 5) is 30.4. The Labute approximate surface area is 248 Å². The zero-order valence-electron chi connectivity index (χ0n) is 23.0. The molecule has 4 heterocycles. The SMILES string of the molecule is CN1C(=O)/C(=C\c2cn(CC(=O)N3CCCCCC3)c3ccc(Br)cc23)c2cc(S(=O)(=O)N3CCOCC3)ccc21. The van der Waals surface area contributed by atoms with Gasteiger partial charge in [0.15, 0.2) is 0 Å². The van der Waals surface area contributed by atoms with Crippen molar-refractivity contribution in [3.05, 3.63) is 58.2 Å². The molecule has 2 aromatic carbocycles. The highest BCUT2D eigenvalue weighted by Gasteiger charge is 2.33. The van der Waals surface area contributed by atoms with Gasteiger partial charge in [-0.2, -0.15) is 4.31 Å². The number of carbonyl (C=O) groups excluding carboxylic acids is 2. The zero-order chi connectivity index (χ0) is 28.7. The van der Waals surface area contributed by atoms with Crippen molar-refractivity contribution in [2.45, 2.75) is 37.1 Å². The second-order valence-corrected chi connectivity index (χ2v) is 13.6. The number of nitrogens with zero attached hydrogens (tertiary/aromatic N) is 4. The molecule has 6 rings (SSSR count). The molecule has 216 valence electrons. The fourth-order valence-corrected chi connectivity index (χ4v) is 7.72. The minimum atomic E-state index is -3.73. The van der Waals surface area contributed by atoms with E-state index in [1.165, 1.54) is 4.31 Å². The summed E-state index contributed by atoms with van der Waals surface area (Å²) < 4.78 is 36.4. The average Bonchev–Trinajstić information content (AvgIpc) is 3.25. The van der Waals surface area contributed by atoms with Gasteiger partial charge >= 0.3 is 0 Å². The molecule has 2 fully saturated rings. The summed E-state index contributed by atoms with van der Waals surface area (Å²) in [5.41, 5.74) is 3.33. The van der Waals surface area contributed by atoms with E-state index in [9.17, 15) is 18.0 Å². The third kappa shape index (κ3) is 5.36. The average molecular weight is 642 g/mol. The molecule has 0 bridgehead atoms. The number of fused-ring (bicyclic) bond motifs is 2. The van der Waals surface area contributed by atoms with Crippen molar-refractivity contribution in [2.24, 2.45) is 0 Å². The van der Waals surface area contributed by atoms with Gasteiger partial charge in [0.2, 0.25) is 15.9 Å². The number of amides is 2. The van der Waals surface area contributed by atoms with Crippen LogP contribution in [0.1, 0.15) is 36.8 Å². The van der Waals surface area contributed by atoms with Gasteiger partial charge in [-0.15, -0.1) is 0 Å². The van der Waals surface area contributed by atoms with Gasteiger partial charge in [-0.3, -0.25) is 9.59 Å². The number of hydrogen-bond donors (Lipinski definition) is 0. The number of morpholine rings is 1. The first-order valence-electron chi connectivity index (χ1n) is 14.0. The lowest BCUT2D eigenvalue weighted by molar-refractivity contribution is -0.131. The third-order valence-electron chi connectivity index (χ3n) is 8.20. The van der Waals surface area contributed by atoms with E-state index in [4.69, 9.17) is 4.74 Å². The molecular weight excluding hydrogens is 608 g/mol. The first-order valence-corrected chi connectivity index (χ1v) is 16.3. The smallest absolute Gasteiger partial charge is 0.258 e.